The number of piperidine rings is 1. The quantitative estimate of drug-likeness (QED) is 0.873. The predicted octanol–water partition coefficient (Wildman–Crippen LogP) is 3.31. The van der Waals surface area contributed by atoms with Gasteiger partial charge in [0.1, 0.15) is 5.01 Å². The van der Waals surface area contributed by atoms with Crippen LogP contribution in [0.3, 0.4) is 0 Å². The van der Waals surface area contributed by atoms with Crippen molar-refractivity contribution in [2.75, 3.05) is 13.1 Å². The molecule has 22 heavy (non-hydrogen) atoms. The second kappa shape index (κ2) is 6.57. The standard InChI is InChI=1S/C17H21N3OS/c1-12-10-19-17(22-12)16-9-14(5-6-18-16)8-15-4-3-7-20(11-15)13(2)21/h5-6,9-10,15H,3-4,7-8,11H2,1-2H3/t15-/m0/s1. The Morgan fingerprint density at radius 2 is 2.32 bits per heavy atom. The van der Waals surface area contributed by atoms with Gasteiger partial charge in [-0.05, 0) is 49.8 Å². The number of pyridine rings is 1. The van der Waals surface area contributed by atoms with Crippen molar-refractivity contribution >= 4 is 17.2 Å². The molecule has 2 aromatic heterocycles. The summed E-state index contributed by atoms with van der Waals surface area (Å²) in [5.74, 6) is 0.740. The van der Waals surface area contributed by atoms with Crippen LogP contribution < -0.4 is 0 Å². The minimum atomic E-state index is 0.193. The lowest BCUT2D eigenvalue weighted by atomic mass is 9.91. The first-order valence-corrected chi connectivity index (χ1v) is 8.56. The van der Waals surface area contributed by atoms with E-state index >= 15 is 0 Å². The van der Waals surface area contributed by atoms with E-state index in [2.05, 4.69) is 29.0 Å². The Morgan fingerprint density at radius 1 is 1.45 bits per heavy atom. The van der Waals surface area contributed by atoms with Crippen molar-refractivity contribution in [1.29, 1.82) is 0 Å². The molecule has 0 aromatic carbocycles. The van der Waals surface area contributed by atoms with Gasteiger partial charge in [-0.15, -0.1) is 11.3 Å². The van der Waals surface area contributed by atoms with E-state index in [1.165, 1.54) is 16.9 Å². The largest absolute Gasteiger partial charge is 0.343 e. The summed E-state index contributed by atoms with van der Waals surface area (Å²) < 4.78 is 0. The molecule has 1 atom stereocenters. The van der Waals surface area contributed by atoms with Crippen LogP contribution in [-0.2, 0) is 11.2 Å². The Morgan fingerprint density at radius 3 is 3.05 bits per heavy atom. The summed E-state index contributed by atoms with van der Waals surface area (Å²) >= 11 is 1.67. The molecule has 0 saturated carbocycles. The number of nitrogens with zero attached hydrogens (tertiary/aromatic N) is 3. The summed E-state index contributed by atoms with van der Waals surface area (Å²) in [6, 6.07) is 4.22. The van der Waals surface area contributed by atoms with Crippen molar-refractivity contribution in [3.63, 3.8) is 0 Å². The van der Waals surface area contributed by atoms with Crippen molar-refractivity contribution in [1.82, 2.24) is 14.9 Å². The molecule has 0 N–H and O–H groups in total. The summed E-state index contributed by atoms with van der Waals surface area (Å²) in [6.45, 7) is 5.51. The zero-order chi connectivity index (χ0) is 15.5. The molecule has 1 fully saturated rings. The molecule has 1 saturated heterocycles. The molecular formula is C17H21N3OS. The van der Waals surface area contributed by atoms with E-state index in [4.69, 9.17) is 0 Å². The van der Waals surface area contributed by atoms with E-state index in [0.717, 1.165) is 36.6 Å². The van der Waals surface area contributed by atoms with Gasteiger partial charge in [0, 0.05) is 37.3 Å². The maximum Gasteiger partial charge on any atom is 0.219 e. The molecule has 1 aliphatic rings. The van der Waals surface area contributed by atoms with E-state index < -0.39 is 0 Å². The van der Waals surface area contributed by atoms with Gasteiger partial charge >= 0.3 is 0 Å². The SMILES string of the molecule is CC(=O)N1CCC[C@@H](Cc2ccnc(-c3ncc(C)s3)c2)C1. The fourth-order valence-electron chi connectivity index (χ4n) is 3.04. The summed E-state index contributed by atoms with van der Waals surface area (Å²) in [5, 5.41) is 0.980. The van der Waals surface area contributed by atoms with Crippen LogP contribution >= 0.6 is 11.3 Å². The molecule has 0 aliphatic carbocycles. The maximum atomic E-state index is 11.5. The molecular weight excluding hydrogens is 294 g/mol. The predicted molar refractivity (Wildman–Crippen MR) is 88.8 cm³/mol. The van der Waals surface area contributed by atoms with Crippen molar-refractivity contribution in [2.45, 2.75) is 33.1 Å². The van der Waals surface area contributed by atoms with Crippen LogP contribution in [0.25, 0.3) is 10.7 Å². The smallest absolute Gasteiger partial charge is 0.219 e. The van der Waals surface area contributed by atoms with E-state index in [-0.39, 0.29) is 5.91 Å². The van der Waals surface area contributed by atoms with Gasteiger partial charge in [0.05, 0.1) is 5.69 Å². The second-order valence-electron chi connectivity index (χ2n) is 6.00. The number of carbonyl (C=O) groups is 1. The fraction of sp³-hybridized carbons (Fsp3) is 0.471. The van der Waals surface area contributed by atoms with E-state index in [1.807, 2.05) is 17.3 Å². The number of likely N-dealkylation sites (tertiary alicyclic amines) is 1. The molecule has 5 heteroatoms. The normalized spacial score (nSPS) is 18.5. The van der Waals surface area contributed by atoms with Gasteiger partial charge in [0.15, 0.2) is 0 Å². The number of amides is 1. The summed E-state index contributed by atoms with van der Waals surface area (Å²) in [6.07, 6.45) is 7.06. The van der Waals surface area contributed by atoms with Crippen molar-refractivity contribution in [3.8, 4) is 10.7 Å². The number of aromatic nitrogens is 2. The van der Waals surface area contributed by atoms with E-state index in [1.54, 1.807) is 18.3 Å². The minimum absolute atomic E-state index is 0.193. The minimum Gasteiger partial charge on any atom is -0.343 e. The number of carbonyl (C=O) groups excluding carboxylic acids is 1. The maximum absolute atomic E-state index is 11.5. The third-order valence-electron chi connectivity index (χ3n) is 4.15. The molecule has 4 nitrogen and oxygen atoms in total. The first-order chi connectivity index (χ1) is 10.6. The highest BCUT2D eigenvalue weighted by Gasteiger charge is 2.21. The number of hydrogen-bond acceptors (Lipinski definition) is 4. The van der Waals surface area contributed by atoms with Crippen LogP contribution in [0.2, 0.25) is 0 Å². The molecule has 0 radical (unpaired) electrons. The average Bonchev–Trinajstić information content (AvgIpc) is 2.94. The van der Waals surface area contributed by atoms with Crippen LogP contribution in [0.1, 0.15) is 30.2 Å². The molecule has 3 rings (SSSR count). The van der Waals surface area contributed by atoms with E-state index in [9.17, 15) is 4.79 Å². The summed E-state index contributed by atoms with van der Waals surface area (Å²) in [5.41, 5.74) is 2.24. The first kappa shape index (κ1) is 15.2. The topological polar surface area (TPSA) is 46.1 Å². The first-order valence-electron chi connectivity index (χ1n) is 7.75. The van der Waals surface area contributed by atoms with Crippen molar-refractivity contribution < 1.29 is 4.79 Å². The number of thiazole rings is 1. The molecule has 0 bridgehead atoms. The summed E-state index contributed by atoms with van der Waals surface area (Å²) in [4.78, 5) is 23.6. The van der Waals surface area contributed by atoms with Crippen molar-refractivity contribution in [2.24, 2.45) is 5.92 Å². The monoisotopic (exact) mass is 315 g/mol. The molecule has 1 amide bonds. The molecule has 2 aromatic rings. The summed E-state index contributed by atoms with van der Waals surface area (Å²) in [7, 11) is 0. The Hall–Kier alpha value is -1.75. The third kappa shape index (κ3) is 3.53. The van der Waals surface area contributed by atoms with Crippen molar-refractivity contribution in [3.05, 3.63) is 35.0 Å². The highest BCUT2D eigenvalue weighted by Crippen LogP contribution is 2.26. The third-order valence-corrected chi connectivity index (χ3v) is 5.09. The molecule has 0 spiro atoms. The lowest BCUT2D eigenvalue weighted by Crippen LogP contribution is -2.39. The Labute approximate surface area is 135 Å². The van der Waals surface area contributed by atoms with Gasteiger partial charge in [-0.25, -0.2) is 4.98 Å². The van der Waals surface area contributed by atoms with Crippen LogP contribution in [0.5, 0.6) is 0 Å². The average molecular weight is 315 g/mol. The zero-order valence-electron chi connectivity index (χ0n) is 13.1. The number of aryl methyl sites for hydroxylation is 1. The number of rotatable bonds is 3. The lowest BCUT2D eigenvalue weighted by Gasteiger charge is -2.32. The van der Waals surface area contributed by atoms with E-state index in [0.29, 0.717) is 5.92 Å². The van der Waals surface area contributed by atoms with Gasteiger partial charge < -0.3 is 4.90 Å². The number of hydrogen-bond donors (Lipinski definition) is 0. The zero-order valence-corrected chi connectivity index (χ0v) is 13.9. The van der Waals surface area contributed by atoms with Gasteiger partial charge in [-0.1, -0.05) is 0 Å². The van der Waals surface area contributed by atoms with Crippen LogP contribution in [0.4, 0.5) is 0 Å². The van der Waals surface area contributed by atoms with Crippen LogP contribution in [0, 0.1) is 12.8 Å². The van der Waals surface area contributed by atoms with Gasteiger partial charge in [-0.2, -0.15) is 0 Å². The lowest BCUT2D eigenvalue weighted by molar-refractivity contribution is -0.130. The second-order valence-corrected chi connectivity index (χ2v) is 7.24. The molecule has 0 unspecified atom stereocenters. The molecule has 3 heterocycles. The highest BCUT2D eigenvalue weighted by molar-refractivity contribution is 7.14. The highest BCUT2D eigenvalue weighted by atomic mass is 32.1. The van der Waals surface area contributed by atoms with Gasteiger partial charge in [0.25, 0.3) is 0 Å². The molecule has 116 valence electrons. The van der Waals surface area contributed by atoms with Gasteiger partial charge in [-0.3, -0.25) is 9.78 Å². The Kier molecular flexibility index (Phi) is 4.52. The molecule has 1 aliphatic heterocycles. The fourth-order valence-corrected chi connectivity index (χ4v) is 3.77. The van der Waals surface area contributed by atoms with Gasteiger partial charge in [0.2, 0.25) is 5.91 Å². The Bertz CT molecular complexity index is 667. The van der Waals surface area contributed by atoms with Crippen LogP contribution in [0.15, 0.2) is 24.5 Å². The van der Waals surface area contributed by atoms with Crippen LogP contribution in [-0.4, -0.2) is 33.9 Å². The Balaban J connectivity index is 1.71.